The summed E-state index contributed by atoms with van der Waals surface area (Å²) in [6.07, 6.45) is 0. The zero-order chi connectivity index (χ0) is 31.9. The minimum Gasteiger partial charge on any atom is -0.490 e. The zero-order valence-electron chi connectivity index (χ0n) is 25.4. The van der Waals surface area contributed by atoms with Crippen molar-refractivity contribution in [1.29, 1.82) is 0 Å². The van der Waals surface area contributed by atoms with Gasteiger partial charge in [-0.2, -0.15) is 5.10 Å². The summed E-state index contributed by atoms with van der Waals surface area (Å²) in [4.78, 5) is 22.0. The third-order valence-corrected chi connectivity index (χ3v) is 9.08. The largest absolute Gasteiger partial charge is 0.490 e. The van der Waals surface area contributed by atoms with Gasteiger partial charge in [0, 0.05) is 76.7 Å². The summed E-state index contributed by atoms with van der Waals surface area (Å²) >= 11 is 2.62. The Morgan fingerprint density at radius 2 is 1.76 bits per heavy atom. The number of ether oxygens (including phenoxy) is 1. The molecule has 1 aliphatic rings. The van der Waals surface area contributed by atoms with Gasteiger partial charge in [-0.1, -0.05) is 0 Å². The van der Waals surface area contributed by atoms with Gasteiger partial charge in [-0.15, -0.1) is 11.8 Å². The molecule has 0 aliphatic carbocycles. The van der Waals surface area contributed by atoms with E-state index in [0.29, 0.717) is 28.4 Å². The van der Waals surface area contributed by atoms with E-state index in [2.05, 4.69) is 49.3 Å². The molecule has 2 aromatic heterocycles. The lowest BCUT2D eigenvalue weighted by Gasteiger charge is -2.36. The van der Waals surface area contributed by atoms with Crippen molar-refractivity contribution >= 4 is 41.0 Å². The van der Waals surface area contributed by atoms with Gasteiger partial charge >= 0.3 is 0 Å². The van der Waals surface area contributed by atoms with Gasteiger partial charge in [0.1, 0.15) is 0 Å². The standard InChI is InChI=1S/C30H35F3N8O2S2/c1-19-17-25(38-37-19)34-28-27(42-4)29(41-15-13-40(14-16-41)12-11-39(2)3)36-30(35-28)45-21-7-5-20(6-8-21)44-18-22-24(43-33)10-9-23(31)26(22)32/h5-10,17H,11-16,18H2,1-4H3,(H2,34,35,36,37,38). The molecule has 1 aliphatic heterocycles. The van der Waals surface area contributed by atoms with E-state index in [4.69, 9.17) is 14.7 Å². The van der Waals surface area contributed by atoms with E-state index in [1.165, 1.54) is 23.5 Å². The van der Waals surface area contributed by atoms with Gasteiger partial charge in [0.2, 0.25) is 5.75 Å². The topological polar surface area (TPSA) is 94.7 Å². The molecule has 10 nitrogen and oxygen atoms in total. The van der Waals surface area contributed by atoms with Crippen molar-refractivity contribution in [1.82, 2.24) is 30.0 Å². The average molecular weight is 661 g/mol. The lowest BCUT2D eigenvalue weighted by atomic mass is 10.2. The van der Waals surface area contributed by atoms with Gasteiger partial charge < -0.3 is 19.9 Å². The Kier molecular flexibility index (Phi) is 11.0. The van der Waals surface area contributed by atoms with Crippen molar-refractivity contribution in [2.45, 2.75) is 27.6 Å². The predicted molar refractivity (Wildman–Crippen MR) is 171 cm³/mol. The number of anilines is 3. The molecule has 3 heterocycles. The van der Waals surface area contributed by atoms with Crippen molar-refractivity contribution in [3.8, 4) is 11.5 Å². The highest BCUT2D eigenvalue weighted by Crippen LogP contribution is 2.39. The van der Waals surface area contributed by atoms with E-state index in [1.807, 2.05) is 37.3 Å². The number of hydrogen-bond acceptors (Lipinski definition) is 11. The van der Waals surface area contributed by atoms with E-state index in [0.717, 1.165) is 66.9 Å². The minimum absolute atomic E-state index is 0.00953. The van der Waals surface area contributed by atoms with Crippen molar-refractivity contribution in [2.75, 3.05) is 70.7 Å². The quantitative estimate of drug-likeness (QED) is 0.132. The Bertz CT molecular complexity index is 1580. The number of nitrogens with one attached hydrogen (secondary N) is 2. The number of methoxy groups -OCH3 is 1. The second-order valence-electron chi connectivity index (χ2n) is 10.7. The predicted octanol–water partition coefficient (Wildman–Crippen LogP) is 5.93. The fraction of sp³-hybridized carbons (Fsp3) is 0.367. The number of nitrogens with zero attached hydrogens (tertiary/aromatic N) is 6. The maximum absolute atomic E-state index is 14.3. The van der Waals surface area contributed by atoms with Crippen LogP contribution in [0.3, 0.4) is 0 Å². The summed E-state index contributed by atoms with van der Waals surface area (Å²) in [7, 11) is 5.77. The van der Waals surface area contributed by atoms with Gasteiger partial charge in [0.15, 0.2) is 40.0 Å². The van der Waals surface area contributed by atoms with E-state index in [1.54, 1.807) is 7.11 Å². The fourth-order valence-corrected chi connectivity index (χ4v) is 6.39. The molecule has 1 saturated heterocycles. The SMILES string of the molecule is COc1c(Nc2cc(C)[nH]n2)nc(Sc2ccc(SCc3c(OF)ccc(F)c3F)cc2)nc1N1CCN(CCN(C)C)CC1. The Morgan fingerprint density at radius 1 is 1.02 bits per heavy atom. The van der Waals surface area contributed by atoms with Crippen molar-refractivity contribution in [3.63, 3.8) is 0 Å². The summed E-state index contributed by atoms with van der Waals surface area (Å²) in [5.41, 5.74) is 0.728. The smallest absolute Gasteiger partial charge is 0.204 e. The second-order valence-corrected chi connectivity index (χ2v) is 12.8. The third-order valence-electron chi connectivity index (χ3n) is 7.17. The van der Waals surface area contributed by atoms with Crippen LogP contribution in [0.25, 0.3) is 0 Å². The number of H-pyrrole nitrogens is 1. The van der Waals surface area contributed by atoms with Crippen LogP contribution in [-0.4, -0.2) is 90.4 Å². The summed E-state index contributed by atoms with van der Waals surface area (Å²) in [5, 5.41) is 11.0. The minimum atomic E-state index is -1.12. The molecule has 240 valence electrons. The van der Waals surface area contributed by atoms with Crippen LogP contribution in [0.5, 0.6) is 11.5 Å². The van der Waals surface area contributed by atoms with Crippen molar-refractivity contribution in [3.05, 3.63) is 65.4 Å². The monoisotopic (exact) mass is 660 g/mol. The zero-order valence-corrected chi connectivity index (χ0v) is 27.1. The number of benzene rings is 2. The van der Waals surface area contributed by atoms with E-state index >= 15 is 0 Å². The molecule has 5 rings (SSSR count). The first-order chi connectivity index (χ1) is 21.7. The van der Waals surface area contributed by atoms with Crippen LogP contribution in [0.1, 0.15) is 11.3 Å². The first-order valence-corrected chi connectivity index (χ1v) is 16.1. The first kappa shape index (κ1) is 32.7. The molecule has 0 atom stereocenters. The van der Waals surface area contributed by atoms with E-state index in [9.17, 15) is 13.3 Å². The molecule has 15 heteroatoms. The Morgan fingerprint density at radius 3 is 2.40 bits per heavy atom. The summed E-state index contributed by atoms with van der Waals surface area (Å²) in [5.74, 6) is -0.183. The highest BCUT2D eigenvalue weighted by atomic mass is 32.2. The van der Waals surface area contributed by atoms with Crippen LogP contribution < -0.4 is 19.9 Å². The number of halogens is 3. The number of hydrogen-bond donors (Lipinski definition) is 2. The molecule has 0 saturated carbocycles. The highest BCUT2D eigenvalue weighted by Gasteiger charge is 2.25. The molecule has 0 bridgehead atoms. The summed E-state index contributed by atoms with van der Waals surface area (Å²) in [6.45, 7) is 7.32. The molecular formula is C30H35F3N8O2S2. The molecule has 0 unspecified atom stereocenters. The van der Waals surface area contributed by atoms with Crippen LogP contribution in [0.4, 0.5) is 30.8 Å². The van der Waals surface area contributed by atoms with E-state index < -0.39 is 11.6 Å². The second kappa shape index (κ2) is 15.1. The molecule has 45 heavy (non-hydrogen) atoms. The lowest BCUT2D eigenvalue weighted by molar-refractivity contribution is -0.00763. The molecule has 1 fully saturated rings. The Labute approximate surface area is 268 Å². The molecule has 2 N–H and O–H groups in total. The van der Waals surface area contributed by atoms with Crippen LogP contribution >= 0.6 is 23.5 Å². The number of rotatable bonds is 13. The van der Waals surface area contributed by atoms with Gasteiger partial charge in [-0.05, 0) is 69.2 Å². The van der Waals surface area contributed by atoms with Crippen LogP contribution in [0, 0.1) is 18.6 Å². The lowest BCUT2D eigenvalue weighted by Crippen LogP contribution is -2.48. The van der Waals surface area contributed by atoms with Crippen LogP contribution in [0.15, 0.2) is 57.4 Å². The van der Waals surface area contributed by atoms with Crippen molar-refractivity contribution in [2.24, 2.45) is 0 Å². The third kappa shape index (κ3) is 8.34. The molecule has 2 aromatic carbocycles. The van der Waals surface area contributed by atoms with Gasteiger partial charge in [0.05, 0.1) is 7.11 Å². The van der Waals surface area contributed by atoms with Crippen molar-refractivity contribution < 1.29 is 23.0 Å². The molecule has 4 aromatic rings. The average Bonchev–Trinajstić information content (AvgIpc) is 3.45. The van der Waals surface area contributed by atoms with E-state index in [-0.39, 0.29) is 17.1 Å². The van der Waals surface area contributed by atoms with Crippen LogP contribution in [0.2, 0.25) is 0 Å². The fourth-order valence-electron chi connectivity index (χ4n) is 4.73. The maximum Gasteiger partial charge on any atom is 0.204 e. The van der Waals surface area contributed by atoms with Gasteiger partial charge in [-0.25, -0.2) is 18.7 Å². The summed E-state index contributed by atoms with van der Waals surface area (Å²) in [6, 6.07) is 11.3. The number of aryl methyl sites for hydroxylation is 1. The number of thioether (sulfide) groups is 1. The van der Waals surface area contributed by atoms with Gasteiger partial charge in [0.25, 0.3) is 0 Å². The molecule has 0 spiro atoms. The van der Waals surface area contributed by atoms with Crippen LogP contribution in [-0.2, 0) is 5.75 Å². The Balaban J connectivity index is 1.35. The number of aromatic nitrogens is 4. The first-order valence-electron chi connectivity index (χ1n) is 14.3. The molecule has 0 radical (unpaired) electrons. The van der Waals surface area contributed by atoms with Gasteiger partial charge in [-0.3, -0.25) is 14.9 Å². The normalized spacial score (nSPS) is 13.8. The Hall–Kier alpha value is -3.66. The molecule has 0 amide bonds. The summed E-state index contributed by atoms with van der Waals surface area (Å²) < 4.78 is 46.7. The number of piperazine rings is 1. The maximum atomic E-state index is 14.3. The highest BCUT2D eigenvalue weighted by molar-refractivity contribution is 7.99. The number of aromatic amines is 1. The molecular weight excluding hydrogens is 626 g/mol. The number of likely N-dealkylation sites (N-methyl/N-ethyl adjacent to an activating group) is 1.